The molecular weight excluding hydrogens is 170 g/mol. The van der Waals surface area contributed by atoms with Gasteiger partial charge in [0.15, 0.2) is 6.67 Å². The average Bonchev–Trinajstić information content (AvgIpc) is 2.13. The standard InChI is InChI=1S/C5H9N3O2.ClH/c1-7-2-3-8(6,4-7)5(9)10;/h2-3H,4,6H2,1H3;1H/p+1. The molecule has 0 aromatic carbocycles. The molecule has 3 N–H and O–H groups in total. The van der Waals surface area contributed by atoms with Crippen LogP contribution in [0.1, 0.15) is 0 Å². The Bertz CT molecular complexity index is 196. The highest BCUT2D eigenvalue weighted by Crippen LogP contribution is 2.09. The summed E-state index contributed by atoms with van der Waals surface area (Å²) in [6, 6.07) is 0. The predicted octanol–water partition coefficient (Wildman–Crippen LogP) is 0.151. The number of carbonyl (C=O) groups is 1. The largest absolute Gasteiger partial charge is 0.539 e. The van der Waals surface area contributed by atoms with Crippen LogP contribution >= 0.6 is 12.4 Å². The zero-order valence-corrected chi connectivity index (χ0v) is 6.91. The van der Waals surface area contributed by atoms with Gasteiger partial charge in [-0.1, -0.05) is 0 Å². The molecule has 0 fully saturated rings. The number of hydrogen-bond acceptors (Lipinski definition) is 3. The van der Waals surface area contributed by atoms with Crippen molar-refractivity contribution in [1.82, 2.24) is 4.90 Å². The minimum Gasteiger partial charge on any atom is -0.434 e. The molecule has 5 nitrogen and oxygen atoms in total. The van der Waals surface area contributed by atoms with Crippen molar-refractivity contribution in [2.45, 2.75) is 0 Å². The van der Waals surface area contributed by atoms with Crippen LogP contribution in [-0.2, 0) is 0 Å². The second kappa shape index (κ2) is 3.08. The van der Waals surface area contributed by atoms with Crippen LogP contribution in [0, 0.1) is 0 Å². The normalized spacial score (nSPS) is 28.4. The molecule has 0 aromatic rings. The Kier molecular flexibility index (Phi) is 2.86. The smallest absolute Gasteiger partial charge is 0.434 e. The third kappa shape index (κ3) is 1.83. The summed E-state index contributed by atoms with van der Waals surface area (Å²) >= 11 is 0. The first-order chi connectivity index (χ1) is 4.54. The summed E-state index contributed by atoms with van der Waals surface area (Å²) < 4.78 is -0.545. The van der Waals surface area contributed by atoms with Gasteiger partial charge in [0, 0.05) is 7.05 Å². The van der Waals surface area contributed by atoms with Crippen LogP contribution in [-0.4, -0.2) is 34.4 Å². The molecule has 0 radical (unpaired) electrons. The monoisotopic (exact) mass is 180 g/mol. The van der Waals surface area contributed by atoms with Gasteiger partial charge in [-0.2, -0.15) is 10.6 Å². The molecule has 1 rings (SSSR count). The fraction of sp³-hybridized carbons (Fsp3) is 0.400. The Morgan fingerprint density at radius 3 is 2.55 bits per heavy atom. The lowest BCUT2D eigenvalue weighted by molar-refractivity contribution is -0.819. The van der Waals surface area contributed by atoms with Crippen LogP contribution in [0.2, 0.25) is 0 Å². The number of quaternary nitrogens is 1. The number of rotatable bonds is 0. The summed E-state index contributed by atoms with van der Waals surface area (Å²) in [7, 11) is 1.77. The maximum absolute atomic E-state index is 10.4. The van der Waals surface area contributed by atoms with Crippen molar-refractivity contribution in [2.75, 3.05) is 13.7 Å². The number of nitrogens with zero attached hydrogens (tertiary/aromatic N) is 2. The van der Waals surface area contributed by atoms with Crippen molar-refractivity contribution in [3.63, 3.8) is 0 Å². The van der Waals surface area contributed by atoms with Crippen LogP contribution in [0.3, 0.4) is 0 Å². The zero-order valence-electron chi connectivity index (χ0n) is 6.10. The molecule has 0 aliphatic carbocycles. The lowest BCUT2D eigenvalue weighted by atomic mass is 10.7. The fourth-order valence-electron chi connectivity index (χ4n) is 0.820. The first kappa shape index (κ1) is 10.2. The van der Waals surface area contributed by atoms with Crippen LogP contribution in [0.25, 0.3) is 0 Å². The molecule has 6 heteroatoms. The van der Waals surface area contributed by atoms with E-state index >= 15 is 0 Å². The first-order valence-electron chi connectivity index (χ1n) is 2.84. The molecular formula is C5H11ClN3O2+. The third-order valence-electron chi connectivity index (χ3n) is 1.40. The second-order valence-corrected chi connectivity index (χ2v) is 2.41. The predicted molar refractivity (Wildman–Crippen MR) is 41.5 cm³/mol. The Hall–Kier alpha value is -0.780. The van der Waals surface area contributed by atoms with E-state index < -0.39 is 10.7 Å². The maximum atomic E-state index is 10.4. The molecule has 1 atom stereocenters. The van der Waals surface area contributed by atoms with Crippen molar-refractivity contribution < 1.29 is 14.5 Å². The van der Waals surface area contributed by atoms with E-state index in [0.29, 0.717) is 0 Å². The summed E-state index contributed by atoms with van der Waals surface area (Å²) in [6.45, 7) is 0.287. The van der Waals surface area contributed by atoms with Gasteiger partial charge >= 0.3 is 6.09 Å². The average molecular weight is 181 g/mol. The number of halogens is 1. The molecule has 0 saturated carbocycles. The van der Waals surface area contributed by atoms with Gasteiger partial charge in [0.2, 0.25) is 0 Å². The van der Waals surface area contributed by atoms with Crippen molar-refractivity contribution in [2.24, 2.45) is 5.84 Å². The number of nitrogens with two attached hydrogens (primary N) is 1. The van der Waals surface area contributed by atoms with Crippen molar-refractivity contribution in [1.29, 1.82) is 0 Å². The highest BCUT2D eigenvalue weighted by Gasteiger charge is 2.35. The van der Waals surface area contributed by atoms with E-state index in [0.717, 1.165) is 0 Å². The molecule has 1 aliphatic rings. The van der Waals surface area contributed by atoms with Gasteiger partial charge in [0.25, 0.3) is 0 Å². The molecule has 64 valence electrons. The minimum atomic E-state index is -1.04. The van der Waals surface area contributed by atoms with E-state index in [-0.39, 0.29) is 19.1 Å². The number of hydrogen-bond donors (Lipinski definition) is 2. The van der Waals surface area contributed by atoms with E-state index in [1.807, 2.05) is 0 Å². The summed E-state index contributed by atoms with van der Waals surface area (Å²) in [5, 5.41) is 8.56. The molecule has 11 heavy (non-hydrogen) atoms. The summed E-state index contributed by atoms with van der Waals surface area (Å²) in [6.07, 6.45) is 2.04. The summed E-state index contributed by atoms with van der Waals surface area (Å²) in [4.78, 5) is 12.2. The molecule has 0 saturated heterocycles. The van der Waals surface area contributed by atoms with Crippen molar-refractivity contribution >= 4 is 18.5 Å². The summed E-state index contributed by atoms with van der Waals surface area (Å²) in [5.74, 6) is 5.40. The molecule has 0 aromatic heterocycles. The topological polar surface area (TPSA) is 66.6 Å². The minimum absolute atomic E-state index is 0. The quantitative estimate of drug-likeness (QED) is 0.317. The Morgan fingerprint density at radius 2 is 2.36 bits per heavy atom. The molecule has 0 bridgehead atoms. The molecule has 1 heterocycles. The van der Waals surface area contributed by atoms with Gasteiger partial charge < -0.3 is 10.0 Å². The lowest BCUT2D eigenvalue weighted by Gasteiger charge is -2.18. The maximum Gasteiger partial charge on any atom is 0.539 e. The van der Waals surface area contributed by atoms with Crippen LogP contribution < -0.4 is 5.84 Å². The Morgan fingerprint density at radius 1 is 1.82 bits per heavy atom. The van der Waals surface area contributed by atoms with Gasteiger partial charge in [0.1, 0.15) is 6.20 Å². The molecule has 1 amide bonds. The van der Waals surface area contributed by atoms with Crippen molar-refractivity contribution in [3.05, 3.63) is 12.4 Å². The highest BCUT2D eigenvalue weighted by atomic mass is 35.5. The van der Waals surface area contributed by atoms with Gasteiger partial charge in [0.05, 0.1) is 6.20 Å². The third-order valence-corrected chi connectivity index (χ3v) is 1.40. The van der Waals surface area contributed by atoms with Gasteiger partial charge in [-0.05, 0) is 0 Å². The molecule has 1 aliphatic heterocycles. The molecule has 0 spiro atoms. The zero-order chi connectivity index (χ0) is 7.78. The second-order valence-electron chi connectivity index (χ2n) is 2.41. The fourth-order valence-corrected chi connectivity index (χ4v) is 0.820. The highest BCUT2D eigenvalue weighted by molar-refractivity contribution is 5.85. The van der Waals surface area contributed by atoms with Gasteiger partial charge in [-0.15, -0.1) is 17.0 Å². The van der Waals surface area contributed by atoms with Gasteiger partial charge in [-0.3, -0.25) is 0 Å². The number of amides is 1. The Balaban J connectivity index is 0.000001000. The summed E-state index contributed by atoms with van der Waals surface area (Å²) in [5.41, 5.74) is 0. The Labute approximate surface area is 70.7 Å². The van der Waals surface area contributed by atoms with E-state index in [1.165, 1.54) is 6.20 Å². The van der Waals surface area contributed by atoms with Crippen LogP contribution in [0.5, 0.6) is 0 Å². The SMILES string of the molecule is CN1C=C[N+](N)(C(=O)O)C1.Cl. The molecule has 1 unspecified atom stereocenters. The van der Waals surface area contributed by atoms with Crippen LogP contribution in [0.15, 0.2) is 12.4 Å². The van der Waals surface area contributed by atoms with Crippen molar-refractivity contribution in [3.8, 4) is 0 Å². The van der Waals surface area contributed by atoms with E-state index in [2.05, 4.69) is 0 Å². The lowest BCUT2D eigenvalue weighted by Crippen LogP contribution is -2.54. The number of carboxylic acid groups (broad SMARTS) is 1. The van der Waals surface area contributed by atoms with E-state index in [1.54, 1.807) is 18.1 Å². The van der Waals surface area contributed by atoms with E-state index in [9.17, 15) is 4.79 Å². The van der Waals surface area contributed by atoms with E-state index in [4.69, 9.17) is 10.9 Å². The van der Waals surface area contributed by atoms with Gasteiger partial charge in [-0.25, -0.2) is 0 Å². The first-order valence-corrected chi connectivity index (χ1v) is 2.84. The van der Waals surface area contributed by atoms with Crippen LogP contribution in [0.4, 0.5) is 4.79 Å².